The van der Waals surface area contributed by atoms with E-state index in [-0.39, 0.29) is 0 Å². The standard InChI is InChI=1S/C30H19N5S/c1-4-11-20(12-5-1)24-19-35-26-23(17-10-18-25(26)36-30(35)31-24)29-33-27(21-13-6-2-7-14-21)32-28(34-29)22-15-8-3-9-16-22/h1-19H. The first-order chi connectivity index (χ1) is 17.8. The predicted molar refractivity (Wildman–Crippen MR) is 146 cm³/mol. The van der Waals surface area contributed by atoms with Crippen LogP contribution in [0.1, 0.15) is 0 Å². The van der Waals surface area contributed by atoms with Crippen molar-refractivity contribution >= 4 is 26.5 Å². The molecule has 6 heteroatoms. The second kappa shape index (κ2) is 8.52. The maximum absolute atomic E-state index is 4.95. The molecule has 0 spiro atoms. The third-order valence-electron chi connectivity index (χ3n) is 6.12. The number of nitrogens with zero attached hydrogens (tertiary/aromatic N) is 5. The number of aromatic nitrogens is 5. The molecule has 0 N–H and O–H groups in total. The number of benzene rings is 4. The van der Waals surface area contributed by atoms with Gasteiger partial charge in [0.1, 0.15) is 0 Å². The van der Waals surface area contributed by atoms with Gasteiger partial charge in [0.05, 0.1) is 15.9 Å². The summed E-state index contributed by atoms with van der Waals surface area (Å²) in [7, 11) is 0. The average Bonchev–Trinajstić information content (AvgIpc) is 3.52. The van der Waals surface area contributed by atoms with Crippen molar-refractivity contribution in [2.45, 2.75) is 0 Å². The van der Waals surface area contributed by atoms with E-state index in [2.05, 4.69) is 40.9 Å². The van der Waals surface area contributed by atoms with Gasteiger partial charge in [0, 0.05) is 28.5 Å². The maximum Gasteiger partial charge on any atom is 0.195 e. The van der Waals surface area contributed by atoms with Crippen molar-refractivity contribution < 1.29 is 0 Å². The fourth-order valence-electron chi connectivity index (χ4n) is 4.40. The fourth-order valence-corrected chi connectivity index (χ4v) is 5.44. The molecule has 3 aromatic heterocycles. The normalized spacial score (nSPS) is 11.3. The summed E-state index contributed by atoms with van der Waals surface area (Å²) >= 11 is 1.67. The van der Waals surface area contributed by atoms with Gasteiger partial charge in [-0.25, -0.2) is 19.9 Å². The minimum absolute atomic E-state index is 0.642. The topological polar surface area (TPSA) is 56.0 Å². The molecule has 0 amide bonds. The van der Waals surface area contributed by atoms with Crippen LogP contribution in [0.15, 0.2) is 115 Å². The molecule has 0 aliphatic rings. The molecule has 0 atom stereocenters. The van der Waals surface area contributed by atoms with Gasteiger partial charge in [-0.2, -0.15) is 0 Å². The van der Waals surface area contributed by atoms with Crippen LogP contribution in [-0.4, -0.2) is 24.3 Å². The third kappa shape index (κ3) is 3.56. The van der Waals surface area contributed by atoms with E-state index < -0.39 is 0 Å². The van der Waals surface area contributed by atoms with Crippen LogP contribution in [0.25, 0.3) is 60.6 Å². The molecule has 0 saturated heterocycles. The van der Waals surface area contributed by atoms with E-state index in [1.807, 2.05) is 78.9 Å². The number of imidazole rings is 1. The van der Waals surface area contributed by atoms with E-state index in [4.69, 9.17) is 19.9 Å². The van der Waals surface area contributed by atoms with Crippen molar-refractivity contribution in [1.82, 2.24) is 24.3 Å². The van der Waals surface area contributed by atoms with E-state index in [0.717, 1.165) is 43.1 Å². The SMILES string of the molecule is c1ccc(-c2cn3c(n2)sc2cccc(-c4nc(-c5ccccc5)nc(-c5ccccc5)n4)c23)cc1. The van der Waals surface area contributed by atoms with Gasteiger partial charge in [-0.1, -0.05) is 108 Å². The van der Waals surface area contributed by atoms with E-state index >= 15 is 0 Å². The van der Waals surface area contributed by atoms with Gasteiger partial charge < -0.3 is 0 Å². The van der Waals surface area contributed by atoms with Crippen LogP contribution in [0, 0.1) is 0 Å². The van der Waals surface area contributed by atoms with Gasteiger partial charge in [-0.3, -0.25) is 4.40 Å². The summed E-state index contributed by atoms with van der Waals surface area (Å²) in [6.45, 7) is 0. The predicted octanol–water partition coefficient (Wildman–Crippen LogP) is 7.40. The molecule has 7 aromatic rings. The summed E-state index contributed by atoms with van der Waals surface area (Å²) in [6.07, 6.45) is 2.10. The molecule has 0 bridgehead atoms. The third-order valence-corrected chi connectivity index (χ3v) is 7.14. The molecule has 7 rings (SSSR count). The molecule has 5 nitrogen and oxygen atoms in total. The number of hydrogen-bond donors (Lipinski definition) is 0. The van der Waals surface area contributed by atoms with E-state index in [1.54, 1.807) is 11.3 Å². The highest BCUT2D eigenvalue weighted by molar-refractivity contribution is 7.23. The zero-order valence-electron chi connectivity index (χ0n) is 19.1. The maximum atomic E-state index is 4.95. The lowest BCUT2D eigenvalue weighted by atomic mass is 10.1. The van der Waals surface area contributed by atoms with Gasteiger partial charge >= 0.3 is 0 Å². The van der Waals surface area contributed by atoms with Crippen LogP contribution >= 0.6 is 11.3 Å². The Bertz CT molecular complexity index is 1770. The number of hydrogen-bond acceptors (Lipinski definition) is 5. The largest absolute Gasteiger partial charge is 0.289 e. The van der Waals surface area contributed by atoms with E-state index in [1.165, 1.54) is 0 Å². The van der Waals surface area contributed by atoms with Crippen LogP contribution in [0.3, 0.4) is 0 Å². The number of rotatable bonds is 4. The minimum Gasteiger partial charge on any atom is -0.289 e. The zero-order valence-corrected chi connectivity index (χ0v) is 19.9. The van der Waals surface area contributed by atoms with Crippen LogP contribution in [0.4, 0.5) is 0 Å². The van der Waals surface area contributed by atoms with Crippen molar-refractivity contribution in [2.24, 2.45) is 0 Å². The fraction of sp³-hybridized carbons (Fsp3) is 0. The molecule has 4 aromatic carbocycles. The van der Waals surface area contributed by atoms with Gasteiger partial charge in [0.25, 0.3) is 0 Å². The molecular formula is C30H19N5S. The monoisotopic (exact) mass is 481 g/mol. The van der Waals surface area contributed by atoms with Crippen LogP contribution in [-0.2, 0) is 0 Å². The van der Waals surface area contributed by atoms with Crippen molar-refractivity contribution in [3.63, 3.8) is 0 Å². The first-order valence-electron chi connectivity index (χ1n) is 11.7. The van der Waals surface area contributed by atoms with Crippen molar-refractivity contribution in [3.8, 4) is 45.4 Å². The molecule has 36 heavy (non-hydrogen) atoms. The summed E-state index contributed by atoms with van der Waals surface area (Å²) in [5.74, 6) is 1.94. The van der Waals surface area contributed by atoms with Crippen molar-refractivity contribution in [1.29, 1.82) is 0 Å². The Morgan fingerprint density at radius 3 is 1.67 bits per heavy atom. The summed E-state index contributed by atoms with van der Waals surface area (Å²) in [4.78, 5) is 20.6. The smallest absolute Gasteiger partial charge is 0.195 e. The Morgan fingerprint density at radius 2 is 1.06 bits per heavy atom. The summed E-state index contributed by atoms with van der Waals surface area (Å²) in [6, 6.07) is 36.6. The molecule has 170 valence electrons. The summed E-state index contributed by atoms with van der Waals surface area (Å²) < 4.78 is 3.30. The average molecular weight is 482 g/mol. The van der Waals surface area contributed by atoms with Crippen LogP contribution < -0.4 is 0 Å². The molecule has 0 radical (unpaired) electrons. The molecule has 0 fully saturated rings. The van der Waals surface area contributed by atoms with Gasteiger partial charge in [-0.15, -0.1) is 0 Å². The van der Waals surface area contributed by atoms with Crippen molar-refractivity contribution in [3.05, 3.63) is 115 Å². The Balaban J connectivity index is 1.47. The number of para-hydroxylation sites is 1. The Kier molecular flexibility index (Phi) is 4.89. The summed E-state index contributed by atoms with van der Waals surface area (Å²) in [5, 5.41) is 0. The second-order valence-corrected chi connectivity index (χ2v) is 9.45. The molecule has 3 heterocycles. The van der Waals surface area contributed by atoms with E-state index in [0.29, 0.717) is 17.5 Å². The highest BCUT2D eigenvalue weighted by Gasteiger charge is 2.18. The molecule has 0 aliphatic heterocycles. The van der Waals surface area contributed by atoms with Crippen LogP contribution in [0.5, 0.6) is 0 Å². The van der Waals surface area contributed by atoms with Gasteiger partial charge in [0.15, 0.2) is 22.4 Å². The Morgan fingerprint density at radius 1 is 0.500 bits per heavy atom. The minimum atomic E-state index is 0.642. The zero-order chi connectivity index (χ0) is 23.9. The van der Waals surface area contributed by atoms with Crippen LogP contribution in [0.2, 0.25) is 0 Å². The Labute approximate surface area is 211 Å². The summed E-state index contributed by atoms with van der Waals surface area (Å²) in [5.41, 5.74) is 5.95. The lowest BCUT2D eigenvalue weighted by Crippen LogP contribution is -2.00. The first-order valence-corrected chi connectivity index (χ1v) is 12.5. The van der Waals surface area contributed by atoms with Gasteiger partial charge in [0.2, 0.25) is 0 Å². The lowest BCUT2D eigenvalue weighted by molar-refractivity contribution is 1.07. The van der Waals surface area contributed by atoms with Gasteiger partial charge in [-0.05, 0) is 12.1 Å². The first kappa shape index (κ1) is 20.7. The molecule has 0 unspecified atom stereocenters. The molecule has 0 aliphatic carbocycles. The lowest BCUT2D eigenvalue weighted by Gasteiger charge is -2.09. The van der Waals surface area contributed by atoms with E-state index in [9.17, 15) is 0 Å². The highest BCUT2D eigenvalue weighted by atomic mass is 32.1. The number of thiazole rings is 1. The van der Waals surface area contributed by atoms with Crippen molar-refractivity contribution in [2.75, 3.05) is 0 Å². The quantitative estimate of drug-likeness (QED) is 0.263. The molecule has 0 saturated carbocycles. The highest BCUT2D eigenvalue weighted by Crippen LogP contribution is 2.35. The number of fused-ring (bicyclic) bond motifs is 3. The molecular weight excluding hydrogens is 462 g/mol. The Hall–Kier alpha value is -4.68. The second-order valence-electron chi connectivity index (χ2n) is 8.44.